The molecule has 2 aromatic rings. The van der Waals surface area contributed by atoms with E-state index in [1.807, 2.05) is 0 Å². The summed E-state index contributed by atoms with van der Waals surface area (Å²) < 4.78 is 18.7. The summed E-state index contributed by atoms with van der Waals surface area (Å²) in [5, 5.41) is 2.69. The van der Waals surface area contributed by atoms with Crippen molar-refractivity contribution in [2.75, 3.05) is 6.61 Å². The second kappa shape index (κ2) is 6.65. The lowest BCUT2D eigenvalue weighted by Gasteiger charge is -2.08. The summed E-state index contributed by atoms with van der Waals surface area (Å²) in [5.74, 6) is -0.511. The van der Waals surface area contributed by atoms with Gasteiger partial charge in [0.05, 0.1) is 6.61 Å². The fourth-order valence-corrected chi connectivity index (χ4v) is 1.70. The maximum Gasteiger partial charge on any atom is 0.270 e. The molecule has 0 aliphatic rings. The van der Waals surface area contributed by atoms with E-state index in [-0.39, 0.29) is 18.2 Å². The Morgan fingerprint density at radius 2 is 2.20 bits per heavy atom. The van der Waals surface area contributed by atoms with E-state index in [1.165, 1.54) is 6.07 Å². The second-order valence-corrected chi connectivity index (χ2v) is 4.10. The molecule has 1 aromatic carbocycles. The smallest absolute Gasteiger partial charge is 0.270 e. The number of carbonyl (C=O) groups is 1. The van der Waals surface area contributed by atoms with Gasteiger partial charge in [-0.25, -0.2) is 4.39 Å². The van der Waals surface area contributed by atoms with Crippen LogP contribution in [-0.4, -0.2) is 17.5 Å². The summed E-state index contributed by atoms with van der Waals surface area (Å²) in [4.78, 5) is 15.7. The molecule has 0 atom stereocenters. The minimum atomic E-state index is -0.434. The predicted molar refractivity (Wildman–Crippen MR) is 73.0 cm³/mol. The first-order valence-electron chi connectivity index (χ1n) is 6.31. The van der Waals surface area contributed by atoms with Gasteiger partial charge in [0.15, 0.2) is 11.6 Å². The molecule has 0 aliphatic carbocycles. The van der Waals surface area contributed by atoms with E-state index in [2.05, 4.69) is 10.3 Å². The average Bonchev–Trinajstić information content (AvgIpc) is 2.48. The quantitative estimate of drug-likeness (QED) is 0.911. The van der Waals surface area contributed by atoms with Gasteiger partial charge in [0.1, 0.15) is 5.69 Å². The third kappa shape index (κ3) is 3.54. The Hall–Kier alpha value is -2.43. The van der Waals surface area contributed by atoms with Crippen LogP contribution in [0.4, 0.5) is 4.39 Å². The topological polar surface area (TPSA) is 51.2 Å². The normalized spacial score (nSPS) is 10.1. The molecule has 104 valence electrons. The monoisotopic (exact) mass is 274 g/mol. The Morgan fingerprint density at radius 3 is 2.85 bits per heavy atom. The Labute approximate surface area is 116 Å². The van der Waals surface area contributed by atoms with Crippen molar-refractivity contribution in [1.29, 1.82) is 0 Å². The van der Waals surface area contributed by atoms with Gasteiger partial charge < -0.3 is 10.1 Å². The highest BCUT2D eigenvalue weighted by atomic mass is 19.1. The molecule has 1 heterocycles. The van der Waals surface area contributed by atoms with Crippen molar-refractivity contribution in [2.24, 2.45) is 0 Å². The second-order valence-electron chi connectivity index (χ2n) is 4.10. The molecule has 5 heteroatoms. The van der Waals surface area contributed by atoms with Crippen molar-refractivity contribution in [3.05, 3.63) is 59.7 Å². The Balaban J connectivity index is 1.97. The molecular weight excluding hydrogens is 259 g/mol. The van der Waals surface area contributed by atoms with Crippen LogP contribution in [0.1, 0.15) is 23.0 Å². The van der Waals surface area contributed by atoms with Gasteiger partial charge >= 0.3 is 0 Å². The number of nitrogens with one attached hydrogen (secondary N) is 1. The maximum atomic E-state index is 13.6. The van der Waals surface area contributed by atoms with Gasteiger partial charge in [-0.3, -0.25) is 9.78 Å². The Morgan fingerprint density at radius 1 is 1.35 bits per heavy atom. The fraction of sp³-hybridized carbons (Fsp3) is 0.200. The zero-order chi connectivity index (χ0) is 14.4. The first kappa shape index (κ1) is 14.0. The third-order valence-corrected chi connectivity index (χ3v) is 2.65. The number of benzene rings is 1. The van der Waals surface area contributed by atoms with Crippen LogP contribution in [-0.2, 0) is 6.54 Å². The van der Waals surface area contributed by atoms with E-state index < -0.39 is 5.82 Å². The highest BCUT2D eigenvalue weighted by Gasteiger charge is 2.08. The number of nitrogens with zero attached hydrogens (tertiary/aromatic N) is 1. The molecule has 0 saturated heterocycles. The van der Waals surface area contributed by atoms with Crippen LogP contribution in [0.2, 0.25) is 0 Å². The van der Waals surface area contributed by atoms with E-state index in [0.717, 1.165) is 0 Å². The van der Waals surface area contributed by atoms with Crippen molar-refractivity contribution >= 4 is 5.91 Å². The van der Waals surface area contributed by atoms with E-state index >= 15 is 0 Å². The third-order valence-electron chi connectivity index (χ3n) is 2.65. The lowest BCUT2D eigenvalue weighted by atomic mass is 10.2. The summed E-state index contributed by atoms with van der Waals surface area (Å²) >= 11 is 0. The van der Waals surface area contributed by atoms with Crippen molar-refractivity contribution in [2.45, 2.75) is 13.5 Å². The molecule has 2 rings (SSSR count). The van der Waals surface area contributed by atoms with Gasteiger partial charge in [-0.2, -0.15) is 0 Å². The number of rotatable bonds is 5. The van der Waals surface area contributed by atoms with Gasteiger partial charge in [0.25, 0.3) is 5.91 Å². The van der Waals surface area contributed by atoms with Gasteiger partial charge in [-0.05, 0) is 36.8 Å². The van der Waals surface area contributed by atoms with Crippen LogP contribution >= 0.6 is 0 Å². The first-order valence-corrected chi connectivity index (χ1v) is 6.31. The number of halogens is 1. The SMILES string of the molecule is CCOc1ccc(CNC(=O)c2ccccn2)cc1F. The highest BCUT2D eigenvalue weighted by molar-refractivity contribution is 5.92. The molecule has 20 heavy (non-hydrogen) atoms. The predicted octanol–water partition coefficient (Wildman–Crippen LogP) is 2.55. The molecule has 0 saturated carbocycles. The molecule has 0 fully saturated rings. The van der Waals surface area contributed by atoms with Crippen molar-refractivity contribution in [1.82, 2.24) is 10.3 Å². The molecule has 0 spiro atoms. The standard InChI is InChI=1S/C15H15FN2O2/c1-2-20-14-7-6-11(9-12(14)16)10-18-15(19)13-5-3-4-8-17-13/h3-9H,2,10H2,1H3,(H,18,19). The van der Waals surface area contributed by atoms with Crippen molar-refractivity contribution in [3.63, 3.8) is 0 Å². The summed E-state index contributed by atoms with van der Waals surface area (Å²) in [6.07, 6.45) is 1.55. The molecule has 0 unspecified atom stereocenters. The highest BCUT2D eigenvalue weighted by Crippen LogP contribution is 2.18. The number of hydrogen-bond donors (Lipinski definition) is 1. The Kier molecular flexibility index (Phi) is 4.65. The number of amides is 1. The van der Waals surface area contributed by atoms with E-state index in [1.54, 1.807) is 43.5 Å². The van der Waals surface area contributed by atoms with Crippen LogP contribution < -0.4 is 10.1 Å². The number of ether oxygens (including phenoxy) is 1. The summed E-state index contributed by atoms with van der Waals surface area (Å²) in [6.45, 7) is 2.44. The minimum Gasteiger partial charge on any atom is -0.491 e. The largest absolute Gasteiger partial charge is 0.491 e. The molecule has 1 amide bonds. The van der Waals surface area contributed by atoms with Crippen LogP contribution in [0.3, 0.4) is 0 Å². The van der Waals surface area contributed by atoms with Gasteiger partial charge in [-0.15, -0.1) is 0 Å². The zero-order valence-corrected chi connectivity index (χ0v) is 11.1. The number of pyridine rings is 1. The van der Waals surface area contributed by atoms with Gasteiger partial charge in [0.2, 0.25) is 0 Å². The lowest BCUT2D eigenvalue weighted by molar-refractivity contribution is 0.0946. The van der Waals surface area contributed by atoms with Gasteiger partial charge in [0, 0.05) is 12.7 Å². The average molecular weight is 274 g/mol. The van der Waals surface area contributed by atoms with E-state index in [0.29, 0.717) is 17.9 Å². The van der Waals surface area contributed by atoms with Crippen LogP contribution in [0.25, 0.3) is 0 Å². The summed E-state index contributed by atoms with van der Waals surface area (Å²) in [5.41, 5.74) is 0.995. The first-order chi connectivity index (χ1) is 9.70. The van der Waals surface area contributed by atoms with E-state index in [9.17, 15) is 9.18 Å². The summed E-state index contributed by atoms with van der Waals surface area (Å²) in [6, 6.07) is 9.71. The fourth-order valence-electron chi connectivity index (χ4n) is 1.70. The molecular formula is C15H15FN2O2. The molecule has 1 aromatic heterocycles. The van der Waals surface area contributed by atoms with Crippen molar-refractivity contribution in [3.8, 4) is 5.75 Å². The molecule has 1 N–H and O–H groups in total. The molecule has 4 nitrogen and oxygen atoms in total. The molecule has 0 aliphatic heterocycles. The van der Waals surface area contributed by atoms with Crippen LogP contribution in [0.15, 0.2) is 42.6 Å². The summed E-state index contributed by atoms with van der Waals surface area (Å²) in [7, 11) is 0. The molecule has 0 bridgehead atoms. The zero-order valence-electron chi connectivity index (χ0n) is 11.1. The van der Waals surface area contributed by atoms with Crippen LogP contribution in [0.5, 0.6) is 5.75 Å². The van der Waals surface area contributed by atoms with Gasteiger partial charge in [-0.1, -0.05) is 12.1 Å². The maximum absolute atomic E-state index is 13.6. The van der Waals surface area contributed by atoms with Crippen molar-refractivity contribution < 1.29 is 13.9 Å². The van der Waals surface area contributed by atoms with Crippen LogP contribution in [0, 0.1) is 5.82 Å². The minimum absolute atomic E-state index is 0.215. The number of hydrogen-bond acceptors (Lipinski definition) is 3. The number of aromatic nitrogens is 1. The molecule has 0 radical (unpaired) electrons. The van der Waals surface area contributed by atoms with E-state index in [4.69, 9.17) is 4.74 Å². The number of carbonyl (C=O) groups excluding carboxylic acids is 1. The lowest BCUT2D eigenvalue weighted by Crippen LogP contribution is -2.23. The Bertz CT molecular complexity index is 588.